The second-order valence-electron chi connectivity index (χ2n) is 7.73. The lowest BCUT2D eigenvalue weighted by atomic mass is 9.77. The van der Waals surface area contributed by atoms with E-state index < -0.39 is 0 Å². The molecule has 3 heteroatoms. The summed E-state index contributed by atoms with van der Waals surface area (Å²) in [5.74, 6) is 1.09. The van der Waals surface area contributed by atoms with Gasteiger partial charge >= 0.3 is 0 Å². The molecule has 2 nitrogen and oxygen atoms in total. The van der Waals surface area contributed by atoms with Gasteiger partial charge in [-0.25, -0.2) is 9.97 Å². The summed E-state index contributed by atoms with van der Waals surface area (Å²) >= 11 is 0. The van der Waals surface area contributed by atoms with Crippen LogP contribution >= 0.6 is 0 Å². The predicted molar refractivity (Wildman–Crippen MR) is 140 cm³/mol. The molecule has 2 N–H and O–H groups in total. The molecule has 0 atom stereocenters. The zero-order valence-corrected chi connectivity index (χ0v) is 18.8. The molecule has 0 saturated heterocycles. The summed E-state index contributed by atoms with van der Waals surface area (Å²) in [4.78, 5) is 5.89. The quantitative estimate of drug-likeness (QED) is 0.330. The maximum Gasteiger partial charge on any atom is 0.248 e. The van der Waals surface area contributed by atoms with Crippen LogP contribution in [0, 0.1) is 6.92 Å². The fourth-order valence-electron chi connectivity index (χ4n) is 3.98. The Morgan fingerprint density at radius 2 is 1.27 bits per heavy atom. The number of aromatic amines is 2. The third-order valence-corrected chi connectivity index (χ3v) is 5.49. The molecule has 0 amide bonds. The van der Waals surface area contributed by atoms with Crippen molar-refractivity contribution in [1.82, 2.24) is 4.98 Å². The van der Waals surface area contributed by atoms with Crippen molar-refractivity contribution in [3.05, 3.63) is 127 Å². The molecule has 158 valence electrons. The molecule has 0 aliphatic carbocycles. The van der Waals surface area contributed by atoms with Crippen molar-refractivity contribution >= 4 is 19.4 Å². The molecule has 0 bridgehead atoms. The minimum atomic E-state index is 0.768. The molecule has 5 rings (SSSR count). The van der Waals surface area contributed by atoms with Gasteiger partial charge < -0.3 is 0 Å². The Morgan fingerprint density at radius 3 is 1.70 bits per heavy atom. The Kier molecular flexibility index (Phi) is 7.01. The van der Waals surface area contributed by atoms with Crippen LogP contribution in [0.15, 0.2) is 116 Å². The summed E-state index contributed by atoms with van der Waals surface area (Å²) in [6.45, 7) is 6.10. The van der Waals surface area contributed by atoms with Gasteiger partial charge in [0.2, 0.25) is 5.82 Å². The van der Waals surface area contributed by atoms with Crippen LogP contribution in [0.25, 0.3) is 39.5 Å². The molecule has 0 aliphatic rings. The van der Waals surface area contributed by atoms with Gasteiger partial charge in [-0.15, -0.1) is 0 Å². The van der Waals surface area contributed by atoms with Crippen LogP contribution in [0.4, 0.5) is 0 Å². The topological polar surface area (TPSA) is 29.9 Å². The van der Waals surface area contributed by atoms with E-state index >= 15 is 0 Å². The number of benzene rings is 4. The average Bonchev–Trinajstić information content (AvgIpc) is 3.36. The fourth-order valence-corrected chi connectivity index (χ4v) is 3.98. The minimum absolute atomic E-state index is 0.768. The predicted octanol–water partition coefficient (Wildman–Crippen LogP) is 6.26. The number of imidazole rings is 1. The van der Waals surface area contributed by atoms with Crippen LogP contribution in [-0.2, 0) is 0 Å². The third-order valence-electron chi connectivity index (χ3n) is 5.49. The first kappa shape index (κ1) is 22.1. The van der Waals surface area contributed by atoms with E-state index in [1.165, 1.54) is 0 Å². The van der Waals surface area contributed by atoms with Crippen LogP contribution in [-0.4, -0.2) is 12.8 Å². The first-order chi connectivity index (χ1) is 16.2. The van der Waals surface area contributed by atoms with Crippen molar-refractivity contribution in [2.75, 3.05) is 0 Å². The first-order valence-corrected chi connectivity index (χ1v) is 11.0. The molecule has 4 aromatic carbocycles. The summed E-state index contributed by atoms with van der Waals surface area (Å²) in [6.07, 6.45) is 5.65. The van der Waals surface area contributed by atoms with Crippen molar-refractivity contribution in [1.29, 1.82) is 0 Å². The monoisotopic (exact) mass is 425 g/mol. The molecule has 0 spiro atoms. The second-order valence-corrected chi connectivity index (χ2v) is 7.73. The molecule has 0 saturated carbocycles. The van der Waals surface area contributed by atoms with Crippen molar-refractivity contribution < 1.29 is 4.98 Å². The number of aryl methyl sites for hydroxylation is 1. The highest BCUT2D eigenvalue weighted by atomic mass is 14.9. The van der Waals surface area contributed by atoms with Gasteiger partial charge in [-0.05, 0) is 38.9 Å². The molecule has 33 heavy (non-hydrogen) atoms. The Labute approximate surface area is 197 Å². The number of H-pyrrole nitrogens is 2. The van der Waals surface area contributed by atoms with E-state index in [4.69, 9.17) is 7.85 Å². The third kappa shape index (κ3) is 5.04. The van der Waals surface area contributed by atoms with Gasteiger partial charge in [0.25, 0.3) is 0 Å². The summed E-state index contributed by atoms with van der Waals surface area (Å²) in [6, 6.07) is 33.1. The zero-order chi connectivity index (χ0) is 23.0. The second kappa shape index (κ2) is 10.5. The molecular weight excluding hydrogens is 399 g/mol. The minimum Gasteiger partial charge on any atom is -0.248 e. The number of rotatable bonds is 4. The Bertz CT molecular complexity index is 1310. The van der Waals surface area contributed by atoms with E-state index in [0.717, 1.165) is 50.2 Å². The van der Waals surface area contributed by atoms with E-state index in [0.29, 0.717) is 0 Å². The number of hydrogen-bond acceptors (Lipinski definition) is 0. The molecule has 1 aromatic heterocycles. The van der Waals surface area contributed by atoms with E-state index in [9.17, 15) is 0 Å². The molecule has 0 aliphatic heterocycles. The van der Waals surface area contributed by atoms with Crippen LogP contribution < -0.4 is 10.4 Å². The van der Waals surface area contributed by atoms with Gasteiger partial charge in [0, 0.05) is 6.92 Å². The summed E-state index contributed by atoms with van der Waals surface area (Å²) in [7, 11) is 6.62. The number of hydrogen-bond donors (Lipinski definition) is 1. The van der Waals surface area contributed by atoms with Crippen molar-refractivity contribution in [2.24, 2.45) is 0 Å². The van der Waals surface area contributed by atoms with Crippen LogP contribution in [0.2, 0.25) is 0 Å². The molecule has 0 unspecified atom stereocenters. The van der Waals surface area contributed by atoms with E-state index in [2.05, 4.69) is 71.1 Å². The average molecular weight is 425 g/mol. The van der Waals surface area contributed by atoms with E-state index in [1.807, 2.05) is 67.9 Å². The summed E-state index contributed by atoms with van der Waals surface area (Å²) in [5, 5.41) is 0. The highest BCUT2D eigenvalue weighted by Gasteiger charge is 2.17. The number of aromatic nitrogens is 2. The lowest BCUT2D eigenvalue weighted by Gasteiger charge is -2.21. The lowest BCUT2D eigenvalue weighted by molar-refractivity contribution is -0.385. The van der Waals surface area contributed by atoms with Gasteiger partial charge in [0.15, 0.2) is 0 Å². The smallest absolute Gasteiger partial charge is 0.248 e. The van der Waals surface area contributed by atoms with Crippen LogP contribution in [0.1, 0.15) is 11.4 Å². The first-order valence-electron chi connectivity index (χ1n) is 11.0. The normalized spacial score (nSPS) is 10.2. The number of nitrogens with one attached hydrogen (secondary N) is 2. The van der Waals surface area contributed by atoms with Gasteiger partial charge in [0.05, 0.1) is 0 Å². The van der Waals surface area contributed by atoms with Crippen molar-refractivity contribution in [3.63, 3.8) is 0 Å². The van der Waals surface area contributed by atoms with Crippen LogP contribution in [0.3, 0.4) is 0 Å². The highest BCUT2D eigenvalue weighted by molar-refractivity contribution is 6.37. The molecule has 5 aromatic rings. The SMILES string of the molecule is Cc1[nH]cc[nH+]1.[B]c1cc(-c2ccccc2)c(C=C)c(-c2ccccc2)c1-c1ccccc1. The molecule has 0 fully saturated rings. The Hall–Kier alpha value is -4.11. The summed E-state index contributed by atoms with van der Waals surface area (Å²) in [5.41, 5.74) is 8.52. The highest BCUT2D eigenvalue weighted by Crippen LogP contribution is 2.39. The van der Waals surface area contributed by atoms with Crippen molar-refractivity contribution in [2.45, 2.75) is 6.92 Å². The molecular formula is C30H26BN2+. The molecule has 2 radical (unpaired) electrons. The van der Waals surface area contributed by atoms with Gasteiger partial charge in [0.1, 0.15) is 20.2 Å². The van der Waals surface area contributed by atoms with Crippen molar-refractivity contribution in [3.8, 4) is 33.4 Å². The van der Waals surface area contributed by atoms with Crippen LogP contribution in [0.5, 0.6) is 0 Å². The lowest BCUT2D eigenvalue weighted by Crippen LogP contribution is -2.11. The van der Waals surface area contributed by atoms with Gasteiger partial charge in [-0.2, -0.15) is 0 Å². The maximum atomic E-state index is 6.62. The zero-order valence-electron chi connectivity index (χ0n) is 18.8. The summed E-state index contributed by atoms with van der Waals surface area (Å²) < 4.78 is 0. The maximum absolute atomic E-state index is 6.62. The Morgan fingerprint density at radius 1 is 0.758 bits per heavy atom. The van der Waals surface area contributed by atoms with E-state index in [1.54, 1.807) is 0 Å². The van der Waals surface area contributed by atoms with Gasteiger partial charge in [-0.3, -0.25) is 0 Å². The van der Waals surface area contributed by atoms with Gasteiger partial charge in [-0.1, -0.05) is 115 Å². The Balaban J connectivity index is 0.000000376. The standard InChI is InChI=1S/C26H19B.C4H6N2/c1-2-22-23(19-12-6-3-7-13-19)18-24(27)26(21-16-10-5-11-17-21)25(22)20-14-8-4-9-15-20;1-4-5-2-3-6-4/h2-18H,1H2;2-3H,1H3,(H,5,6)/p+1. The van der Waals surface area contributed by atoms with E-state index in [-0.39, 0.29) is 0 Å². The fraction of sp³-hybridized carbons (Fsp3) is 0.0333. The molecule has 1 heterocycles. The largest absolute Gasteiger partial charge is 0.248 e.